The van der Waals surface area contributed by atoms with Crippen molar-refractivity contribution in [1.29, 1.82) is 0 Å². The Morgan fingerprint density at radius 1 is 1.24 bits per heavy atom. The third kappa shape index (κ3) is 4.26. The van der Waals surface area contributed by atoms with E-state index in [1.165, 1.54) is 20.3 Å². The third-order valence-electron chi connectivity index (χ3n) is 4.30. The van der Waals surface area contributed by atoms with Gasteiger partial charge in [0.25, 0.3) is 5.91 Å². The normalized spacial score (nSPS) is 11.4. The van der Waals surface area contributed by atoms with Crippen LogP contribution in [-0.2, 0) is 0 Å². The number of methoxy groups -OCH3 is 2. The molecule has 1 heterocycles. The standard InChI is InChI=1S/C21H21FN4O3/c1-23-10-11-24-21(27)14-6-9-17-19(20(14)29-3)16(25-26-17)8-5-13-4-7-15(22)18(12-13)28-2/h4-10,12H,11H2,1-3H3,(H,24,27)(H,25,26)/b8-5+,23-10?. The van der Waals surface area contributed by atoms with E-state index >= 15 is 0 Å². The number of aliphatic imine (C=N–C) groups is 1. The molecule has 0 radical (unpaired) electrons. The number of amides is 1. The molecule has 150 valence electrons. The molecule has 1 amide bonds. The van der Waals surface area contributed by atoms with Gasteiger partial charge in [0.1, 0.15) is 5.75 Å². The summed E-state index contributed by atoms with van der Waals surface area (Å²) in [6, 6.07) is 8.01. The van der Waals surface area contributed by atoms with Crippen LogP contribution in [0.1, 0.15) is 21.6 Å². The van der Waals surface area contributed by atoms with Crippen molar-refractivity contribution in [2.24, 2.45) is 4.99 Å². The van der Waals surface area contributed by atoms with Gasteiger partial charge in [-0.05, 0) is 35.9 Å². The van der Waals surface area contributed by atoms with Crippen LogP contribution < -0.4 is 14.8 Å². The zero-order valence-corrected chi connectivity index (χ0v) is 16.3. The number of H-pyrrole nitrogens is 1. The summed E-state index contributed by atoms with van der Waals surface area (Å²) >= 11 is 0. The summed E-state index contributed by atoms with van der Waals surface area (Å²) in [5, 5.41) is 10.7. The number of aromatic nitrogens is 2. The minimum Gasteiger partial charge on any atom is -0.495 e. The highest BCUT2D eigenvalue weighted by atomic mass is 19.1. The molecule has 0 bridgehead atoms. The molecule has 2 N–H and O–H groups in total. The number of nitrogens with one attached hydrogen (secondary N) is 2. The molecule has 0 spiro atoms. The number of ether oxygens (including phenoxy) is 2. The van der Waals surface area contributed by atoms with Gasteiger partial charge in [-0.15, -0.1) is 0 Å². The van der Waals surface area contributed by atoms with Crippen LogP contribution in [0.15, 0.2) is 35.3 Å². The Balaban J connectivity index is 1.99. The Morgan fingerprint density at radius 3 is 2.79 bits per heavy atom. The molecule has 2 aromatic carbocycles. The van der Waals surface area contributed by atoms with Gasteiger partial charge in [0, 0.05) is 13.3 Å². The van der Waals surface area contributed by atoms with Gasteiger partial charge in [-0.2, -0.15) is 5.10 Å². The number of hydrogen-bond donors (Lipinski definition) is 2. The molecule has 0 saturated carbocycles. The van der Waals surface area contributed by atoms with Gasteiger partial charge in [-0.3, -0.25) is 14.9 Å². The van der Waals surface area contributed by atoms with Crippen molar-refractivity contribution in [2.45, 2.75) is 0 Å². The summed E-state index contributed by atoms with van der Waals surface area (Å²) < 4.78 is 24.1. The number of fused-ring (bicyclic) bond motifs is 1. The first kappa shape index (κ1) is 20.1. The molecule has 3 rings (SSSR count). The zero-order chi connectivity index (χ0) is 20.8. The van der Waals surface area contributed by atoms with E-state index in [2.05, 4.69) is 20.5 Å². The Kier molecular flexibility index (Phi) is 6.23. The number of carbonyl (C=O) groups excluding carboxylic acids is 1. The predicted molar refractivity (Wildman–Crippen MR) is 111 cm³/mol. The summed E-state index contributed by atoms with van der Waals surface area (Å²) in [6.45, 7) is 0.321. The van der Waals surface area contributed by atoms with Crippen molar-refractivity contribution in [3.63, 3.8) is 0 Å². The fourth-order valence-electron chi connectivity index (χ4n) is 2.90. The quantitative estimate of drug-likeness (QED) is 0.600. The molecule has 0 aliphatic heterocycles. The fraction of sp³-hybridized carbons (Fsp3) is 0.190. The highest BCUT2D eigenvalue weighted by molar-refractivity contribution is 6.05. The highest BCUT2D eigenvalue weighted by Gasteiger charge is 2.18. The van der Waals surface area contributed by atoms with E-state index < -0.39 is 5.82 Å². The van der Waals surface area contributed by atoms with E-state index in [0.717, 1.165) is 11.1 Å². The lowest BCUT2D eigenvalue weighted by atomic mass is 10.1. The second-order valence-corrected chi connectivity index (χ2v) is 6.06. The van der Waals surface area contributed by atoms with Crippen LogP contribution in [-0.4, -0.2) is 50.1 Å². The number of rotatable bonds is 7. The van der Waals surface area contributed by atoms with E-state index in [9.17, 15) is 9.18 Å². The number of aromatic amines is 1. The van der Waals surface area contributed by atoms with E-state index in [4.69, 9.17) is 9.47 Å². The van der Waals surface area contributed by atoms with Gasteiger partial charge in [-0.1, -0.05) is 12.1 Å². The van der Waals surface area contributed by atoms with Crippen LogP contribution in [0.25, 0.3) is 23.1 Å². The Bertz CT molecular complexity index is 1090. The van der Waals surface area contributed by atoms with Crippen LogP contribution in [0.5, 0.6) is 11.5 Å². The largest absolute Gasteiger partial charge is 0.495 e. The van der Waals surface area contributed by atoms with Crippen LogP contribution in [0.2, 0.25) is 0 Å². The maximum absolute atomic E-state index is 13.6. The van der Waals surface area contributed by atoms with Gasteiger partial charge in [0.15, 0.2) is 11.6 Å². The van der Waals surface area contributed by atoms with E-state index in [0.29, 0.717) is 28.9 Å². The SMILES string of the molecule is CN=CCNC(=O)c1ccc2[nH]nc(/C=C/c3ccc(F)c(OC)c3)c2c1OC. The molecule has 0 aliphatic rings. The first-order valence-corrected chi connectivity index (χ1v) is 8.84. The zero-order valence-electron chi connectivity index (χ0n) is 16.3. The second-order valence-electron chi connectivity index (χ2n) is 6.06. The topological polar surface area (TPSA) is 88.6 Å². The maximum Gasteiger partial charge on any atom is 0.255 e. The van der Waals surface area contributed by atoms with E-state index in [1.54, 1.807) is 49.7 Å². The average Bonchev–Trinajstić information content (AvgIpc) is 3.15. The molecule has 0 aliphatic carbocycles. The van der Waals surface area contributed by atoms with Crippen LogP contribution in [0.4, 0.5) is 4.39 Å². The van der Waals surface area contributed by atoms with Crippen molar-refractivity contribution < 1.29 is 18.7 Å². The van der Waals surface area contributed by atoms with E-state index in [1.807, 2.05) is 0 Å². The number of benzene rings is 2. The van der Waals surface area contributed by atoms with Gasteiger partial charge < -0.3 is 14.8 Å². The summed E-state index contributed by atoms with van der Waals surface area (Å²) in [5.41, 5.74) is 2.45. The first-order valence-electron chi connectivity index (χ1n) is 8.84. The number of carbonyl (C=O) groups is 1. The first-order chi connectivity index (χ1) is 14.1. The molecular weight excluding hydrogens is 375 g/mol. The minimum absolute atomic E-state index is 0.159. The molecule has 29 heavy (non-hydrogen) atoms. The van der Waals surface area contributed by atoms with Crippen molar-refractivity contribution in [3.8, 4) is 11.5 Å². The van der Waals surface area contributed by atoms with Crippen molar-refractivity contribution in [3.05, 3.63) is 53.0 Å². The fourth-order valence-corrected chi connectivity index (χ4v) is 2.90. The highest BCUT2D eigenvalue weighted by Crippen LogP contribution is 2.32. The minimum atomic E-state index is -0.430. The van der Waals surface area contributed by atoms with Gasteiger partial charge in [0.05, 0.1) is 42.9 Å². The lowest BCUT2D eigenvalue weighted by Crippen LogP contribution is -2.25. The lowest BCUT2D eigenvalue weighted by molar-refractivity contribution is 0.0957. The number of halogens is 1. The van der Waals surface area contributed by atoms with Crippen LogP contribution in [0.3, 0.4) is 0 Å². The molecule has 8 heteroatoms. The van der Waals surface area contributed by atoms with Gasteiger partial charge in [0.2, 0.25) is 0 Å². The summed E-state index contributed by atoms with van der Waals surface area (Å²) in [4.78, 5) is 16.4. The third-order valence-corrected chi connectivity index (χ3v) is 4.30. The van der Waals surface area contributed by atoms with Gasteiger partial charge >= 0.3 is 0 Å². The summed E-state index contributed by atoms with van der Waals surface area (Å²) in [7, 11) is 4.56. The maximum atomic E-state index is 13.6. The average molecular weight is 396 g/mol. The molecule has 0 atom stereocenters. The number of hydrogen-bond acceptors (Lipinski definition) is 5. The summed E-state index contributed by atoms with van der Waals surface area (Å²) in [6.07, 6.45) is 5.15. The Hall–Kier alpha value is -3.68. The van der Waals surface area contributed by atoms with Crippen molar-refractivity contribution >= 4 is 35.2 Å². The monoisotopic (exact) mass is 396 g/mol. The predicted octanol–water partition coefficient (Wildman–Crippen LogP) is 3.32. The van der Waals surface area contributed by atoms with Crippen molar-refractivity contribution in [2.75, 3.05) is 27.8 Å². The van der Waals surface area contributed by atoms with Crippen LogP contribution >= 0.6 is 0 Å². The van der Waals surface area contributed by atoms with Crippen LogP contribution in [0, 0.1) is 5.82 Å². The molecule has 3 aromatic rings. The molecule has 0 saturated heterocycles. The Morgan fingerprint density at radius 2 is 2.07 bits per heavy atom. The lowest BCUT2D eigenvalue weighted by Gasteiger charge is -2.10. The van der Waals surface area contributed by atoms with Gasteiger partial charge in [-0.25, -0.2) is 4.39 Å². The van der Waals surface area contributed by atoms with E-state index in [-0.39, 0.29) is 11.7 Å². The molecule has 0 fully saturated rings. The molecule has 1 aromatic heterocycles. The number of nitrogens with zero attached hydrogens (tertiary/aromatic N) is 2. The summed E-state index contributed by atoms with van der Waals surface area (Å²) in [5.74, 6) is -0.131. The molecule has 0 unspecified atom stereocenters. The molecular formula is C21H21FN4O3. The second kappa shape index (κ2) is 9.01. The smallest absolute Gasteiger partial charge is 0.255 e. The Labute approximate surface area is 167 Å². The van der Waals surface area contributed by atoms with Crippen molar-refractivity contribution in [1.82, 2.24) is 15.5 Å². The molecule has 7 nitrogen and oxygen atoms in total.